The quantitative estimate of drug-likeness (QED) is 0.894. The Bertz CT molecular complexity index is 621. The molecule has 0 fully saturated rings. The summed E-state index contributed by atoms with van der Waals surface area (Å²) in [4.78, 5) is 11.8. The number of carbonyl (C=O) groups is 1. The molecule has 0 spiro atoms. The minimum atomic E-state index is -0.484. The lowest BCUT2D eigenvalue weighted by Crippen LogP contribution is -2.22. The number of alkyl carbamates (subject to hydrolysis) is 1. The summed E-state index contributed by atoms with van der Waals surface area (Å²) in [6.45, 7) is 2.09. The fourth-order valence-corrected chi connectivity index (χ4v) is 1.94. The maximum absolute atomic E-state index is 11.8. The molecule has 0 saturated heterocycles. The third-order valence-electron chi connectivity index (χ3n) is 2.89. The van der Waals surface area contributed by atoms with E-state index in [2.05, 4.69) is 5.32 Å². The number of benzene rings is 2. The Morgan fingerprint density at radius 2 is 1.81 bits per heavy atom. The lowest BCUT2D eigenvalue weighted by molar-refractivity contribution is 0.144. The predicted octanol–water partition coefficient (Wildman–Crippen LogP) is 4.63. The first-order chi connectivity index (χ1) is 10.2. The molecule has 2 aromatic rings. The van der Waals surface area contributed by atoms with Crippen molar-refractivity contribution in [3.63, 3.8) is 0 Å². The van der Waals surface area contributed by atoms with Crippen LogP contribution in [-0.4, -0.2) is 6.09 Å². The number of hydrogen-bond donors (Lipinski definition) is 1. The molecular weight excluding hydrogens is 286 g/mol. The van der Waals surface area contributed by atoms with E-state index in [9.17, 15) is 4.79 Å². The molecular formula is C17H16ClNO2. The Morgan fingerprint density at radius 1 is 1.14 bits per heavy atom. The number of amides is 1. The van der Waals surface area contributed by atoms with E-state index in [1.165, 1.54) is 0 Å². The topological polar surface area (TPSA) is 38.3 Å². The molecule has 2 rings (SSSR count). The van der Waals surface area contributed by atoms with Gasteiger partial charge in [0.1, 0.15) is 6.61 Å². The van der Waals surface area contributed by atoms with Gasteiger partial charge in [-0.1, -0.05) is 60.1 Å². The highest BCUT2D eigenvalue weighted by molar-refractivity contribution is 6.30. The molecule has 2 aromatic carbocycles. The van der Waals surface area contributed by atoms with Crippen molar-refractivity contribution in [1.82, 2.24) is 5.32 Å². The van der Waals surface area contributed by atoms with Crippen LogP contribution in [0.5, 0.6) is 0 Å². The van der Waals surface area contributed by atoms with Gasteiger partial charge in [0.15, 0.2) is 0 Å². The van der Waals surface area contributed by atoms with Gasteiger partial charge in [0, 0.05) is 10.7 Å². The Morgan fingerprint density at radius 3 is 2.43 bits per heavy atom. The zero-order valence-corrected chi connectivity index (χ0v) is 12.4. The fraction of sp³-hybridized carbons (Fsp3) is 0.118. The minimum absolute atomic E-state index is 0.240. The summed E-state index contributed by atoms with van der Waals surface area (Å²) < 4.78 is 5.19. The molecule has 0 bridgehead atoms. The second-order valence-electron chi connectivity index (χ2n) is 4.40. The first-order valence-corrected chi connectivity index (χ1v) is 6.97. The lowest BCUT2D eigenvalue weighted by Gasteiger charge is -2.10. The maximum atomic E-state index is 11.8. The van der Waals surface area contributed by atoms with Gasteiger partial charge in [-0.15, -0.1) is 0 Å². The highest BCUT2D eigenvalue weighted by Gasteiger charge is 2.07. The van der Waals surface area contributed by atoms with Crippen molar-refractivity contribution >= 4 is 23.4 Å². The first-order valence-electron chi connectivity index (χ1n) is 6.59. The highest BCUT2D eigenvalue weighted by atomic mass is 35.5. The van der Waals surface area contributed by atoms with Crippen LogP contribution in [0.25, 0.3) is 5.70 Å². The van der Waals surface area contributed by atoms with E-state index in [4.69, 9.17) is 16.3 Å². The predicted molar refractivity (Wildman–Crippen MR) is 84.9 cm³/mol. The Hall–Kier alpha value is -2.26. The first kappa shape index (κ1) is 15.1. The SMILES string of the molecule is C/C=C(\NC(=O)OCc1ccccc1)c1ccc(Cl)cc1. The monoisotopic (exact) mass is 301 g/mol. The molecule has 108 valence electrons. The van der Waals surface area contributed by atoms with Gasteiger partial charge in [0.05, 0.1) is 0 Å². The minimum Gasteiger partial charge on any atom is -0.444 e. The zero-order valence-electron chi connectivity index (χ0n) is 11.7. The zero-order chi connectivity index (χ0) is 15.1. The number of allylic oxidation sites excluding steroid dienone is 1. The van der Waals surface area contributed by atoms with Crippen molar-refractivity contribution in [1.29, 1.82) is 0 Å². The van der Waals surface area contributed by atoms with Crippen LogP contribution >= 0.6 is 11.6 Å². The van der Waals surface area contributed by atoms with Crippen LogP contribution in [0.3, 0.4) is 0 Å². The van der Waals surface area contributed by atoms with Crippen molar-refractivity contribution in [3.8, 4) is 0 Å². The largest absolute Gasteiger partial charge is 0.444 e. The van der Waals surface area contributed by atoms with E-state index in [1.54, 1.807) is 12.1 Å². The molecule has 21 heavy (non-hydrogen) atoms. The average molecular weight is 302 g/mol. The van der Waals surface area contributed by atoms with Crippen LogP contribution in [0.1, 0.15) is 18.1 Å². The van der Waals surface area contributed by atoms with E-state index >= 15 is 0 Å². The van der Waals surface area contributed by atoms with Crippen LogP contribution in [0.4, 0.5) is 4.79 Å². The molecule has 0 aromatic heterocycles. The van der Waals surface area contributed by atoms with Crippen molar-refractivity contribution in [2.24, 2.45) is 0 Å². The van der Waals surface area contributed by atoms with Crippen LogP contribution < -0.4 is 5.32 Å². The number of rotatable bonds is 4. The summed E-state index contributed by atoms with van der Waals surface area (Å²) in [5, 5.41) is 3.38. The third kappa shape index (κ3) is 4.65. The highest BCUT2D eigenvalue weighted by Crippen LogP contribution is 2.15. The summed E-state index contributed by atoms with van der Waals surface area (Å²) in [5.74, 6) is 0. The lowest BCUT2D eigenvalue weighted by atomic mass is 10.1. The van der Waals surface area contributed by atoms with E-state index in [0.29, 0.717) is 10.7 Å². The Kier molecular flexibility index (Phi) is 5.41. The summed E-state index contributed by atoms with van der Waals surface area (Å²) in [6, 6.07) is 16.8. The van der Waals surface area contributed by atoms with Gasteiger partial charge >= 0.3 is 6.09 Å². The summed E-state index contributed by atoms with van der Waals surface area (Å²) in [7, 11) is 0. The Balaban J connectivity index is 1.93. The van der Waals surface area contributed by atoms with Crippen LogP contribution in [0.15, 0.2) is 60.7 Å². The summed E-state index contributed by atoms with van der Waals surface area (Å²) in [5.41, 5.74) is 2.50. The number of ether oxygens (including phenoxy) is 1. The van der Waals surface area contributed by atoms with Crippen LogP contribution in [-0.2, 0) is 11.3 Å². The van der Waals surface area contributed by atoms with Crippen molar-refractivity contribution in [3.05, 3.63) is 76.8 Å². The smallest absolute Gasteiger partial charge is 0.411 e. The molecule has 0 aliphatic carbocycles. The molecule has 0 heterocycles. The van der Waals surface area contributed by atoms with Gasteiger partial charge in [-0.25, -0.2) is 4.79 Å². The van der Waals surface area contributed by atoms with Crippen molar-refractivity contribution in [2.45, 2.75) is 13.5 Å². The second-order valence-corrected chi connectivity index (χ2v) is 4.83. The van der Waals surface area contributed by atoms with Gasteiger partial charge in [-0.05, 0) is 30.2 Å². The molecule has 0 radical (unpaired) electrons. The molecule has 1 amide bonds. The normalized spacial score (nSPS) is 11.0. The molecule has 0 saturated carbocycles. The maximum Gasteiger partial charge on any atom is 0.411 e. The van der Waals surface area contributed by atoms with Gasteiger partial charge in [0.25, 0.3) is 0 Å². The van der Waals surface area contributed by atoms with Crippen molar-refractivity contribution < 1.29 is 9.53 Å². The number of halogens is 1. The molecule has 1 N–H and O–H groups in total. The van der Waals surface area contributed by atoms with Gasteiger partial charge in [-0.2, -0.15) is 0 Å². The molecule has 0 aliphatic heterocycles. The van der Waals surface area contributed by atoms with E-state index in [1.807, 2.05) is 55.5 Å². The summed E-state index contributed by atoms with van der Waals surface area (Å²) >= 11 is 5.85. The van der Waals surface area contributed by atoms with E-state index in [0.717, 1.165) is 11.1 Å². The van der Waals surface area contributed by atoms with Crippen LogP contribution in [0, 0.1) is 0 Å². The Labute approximate surface area is 129 Å². The van der Waals surface area contributed by atoms with E-state index in [-0.39, 0.29) is 6.61 Å². The average Bonchev–Trinajstić information content (AvgIpc) is 2.52. The fourth-order valence-electron chi connectivity index (χ4n) is 1.81. The van der Waals surface area contributed by atoms with Gasteiger partial charge < -0.3 is 4.74 Å². The third-order valence-corrected chi connectivity index (χ3v) is 3.15. The molecule has 0 atom stereocenters. The van der Waals surface area contributed by atoms with E-state index < -0.39 is 6.09 Å². The standard InChI is InChI=1S/C17H16ClNO2/c1-2-16(14-8-10-15(18)11-9-14)19-17(20)21-12-13-6-4-3-5-7-13/h2-11H,12H2,1H3,(H,19,20)/b16-2-. The van der Waals surface area contributed by atoms with Crippen molar-refractivity contribution in [2.75, 3.05) is 0 Å². The summed E-state index contributed by atoms with van der Waals surface area (Å²) in [6.07, 6.45) is 1.33. The number of hydrogen-bond acceptors (Lipinski definition) is 2. The molecule has 0 aliphatic rings. The van der Waals surface area contributed by atoms with Gasteiger partial charge in [-0.3, -0.25) is 5.32 Å². The molecule has 4 heteroatoms. The molecule has 0 unspecified atom stereocenters. The van der Waals surface area contributed by atoms with Gasteiger partial charge in [0.2, 0.25) is 0 Å². The number of carbonyl (C=O) groups excluding carboxylic acids is 1. The molecule has 3 nitrogen and oxygen atoms in total. The number of nitrogens with one attached hydrogen (secondary N) is 1. The van der Waals surface area contributed by atoms with Crippen LogP contribution in [0.2, 0.25) is 5.02 Å². The second kappa shape index (κ2) is 7.50.